The monoisotopic (exact) mass is 480 g/mol. The van der Waals surface area contributed by atoms with E-state index in [2.05, 4.69) is 32.5 Å². The summed E-state index contributed by atoms with van der Waals surface area (Å²) in [6.07, 6.45) is 1.87. The molecule has 0 spiro atoms. The molecule has 3 amide bonds. The first-order chi connectivity index (χ1) is 16.9. The number of carbonyl (C=O) groups is 2. The summed E-state index contributed by atoms with van der Waals surface area (Å²) in [5.74, 6) is 0.946. The fourth-order valence-corrected chi connectivity index (χ4v) is 4.58. The van der Waals surface area contributed by atoms with Crippen LogP contribution in [0.1, 0.15) is 35.3 Å². The predicted octanol–water partition coefficient (Wildman–Crippen LogP) is 2.08. The lowest BCUT2D eigenvalue weighted by molar-refractivity contribution is -0.0586. The number of morpholine rings is 1. The van der Waals surface area contributed by atoms with Crippen molar-refractivity contribution in [2.45, 2.75) is 39.1 Å². The molecular formula is C26H36N6O3. The predicted molar refractivity (Wildman–Crippen MR) is 135 cm³/mol. The first-order valence-corrected chi connectivity index (χ1v) is 12.3. The summed E-state index contributed by atoms with van der Waals surface area (Å²) in [6.45, 7) is 9.80. The molecule has 9 heteroatoms. The number of urea groups is 1. The van der Waals surface area contributed by atoms with Gasteiger partial charge in [0.1, 0.15) is 5.82 Å². The van der Waals surface area contributed by atoms with Crippen LogP contribution in [0.3, 0.4) is 0 Å². The van der Waals surface area contributed by atoms with Crippen LogP contribution in [0.25, 0.3) is 0 Å². The number of benzene rings is 1. The molecule has 2 aliphatic heterocycles. The molecule has 2 fully saturated rings. The van der Waals surface area contributed by atoms with Crippen LogP contribution in [0.2, 0.25) is 0 Å². The number of hydrogen-bond donors (Lipinski definition) is 2. The fourth-order valence-electron chi connectivity index (χ4n) is 4.58. The van der Waals surface area contributed by atoms with Crippen molar-refractivity contribution in [1.82, 2.24) is 25.4 Å². The maximum atomic E-state index is 12.8. The molecule has 2 aliphatic rings. The Hall–Kier alpha value is -3.17. The van der Waals surface area contributed by atoms with Crippen LogP contribution in [-0.2, 0) is 17.8 Å². The van der Waals surface area contributed by atoms with Crippen molar-refractivity contribution in [3.05, 3.63) is 59.3 Å². The second-order valence-electron chi connectivity index (χ2n) is 9.48. The summed E-state index contributed by atoms with van der Waals surface area (Å²) in [4.78, 5) is 36.2. The summed E-state index contributed by atoms with van der Waals surface area (Å²) in [5.41, 5.74) is 2.58. The molecule has 2 saturated heterocycles. The van der Waals surface area contributed by atoms with Crippen LogP contribution in [0.5, 0.6) is 0 Å². The Morgan fingerprint density at radius 3 is 2.31 bits per heavy atom. The minimum Gasteiger partial charge on any atom is -0.372 e. The first-order valence-electron chi connectivity index (χ1n) is 12.3. The number of amides is 3. The molecule has 2 aromatic rings. The van der Waals surface area contributed by atoms with Gasteiger partial charge in [-0.2, -0.15) is 0 Å². The average molecular weight is 481 g/mol. The largest absolute Gasteiger partial charge is 0.372 e. The van der Waals surface area contributed by atoms with Crippen LogP contribution in [0.4, 0.5) is 10.6 Å². The average Bonchev–Trinajstić information content (AvgIpc) is 2.86. The van der Waals surface area contributed by atoms with E-state index in [0.717, 1.165) is 43.1 Å². The molecule has 188 valence electrons. The van der Waals surface area contributed by atoms with Crippen LogP contribution < -0.4 is 15.5 Å². The smallest absolute Gasteiger partial charge is 0.315 e. The van der Waals surface area contributed by atoms with Crippen molar-refractivity contribution in [3.63, 3.8) is 0 Å². The highest BCUT2D eigenvalue weighted by Crippen LogP contribution is 2.19. The topological polar surface area (TPSA) is 90.0 Å². The first kappa shape index (κ1) is 24.9. The minimum absolute atomic E-state index is 0.0110. The number of piperazine rings is 1. The Morgan fingerprint density at radius 1 is 0.971 bits per heavy atom. The van der Waals surface area contributed by atoms with E-state index in [1.54, 1.807) is 6.20 Å². The van der Waals surface area contributed by atoms with Gasteiger partial charge in [0.25, 0.3) is 5.91 Å². The number of nitrogens with one attached hydrogen (secondary N) is 2. The molecule has 9 nitrogen and oxygen atoms in total. The van der Waals surface area contributed by atoms with Crippen LogP contribution >= 0.6 is 0 Å². The Morgan fingerprint density at radius 2 is 1.63 bits per heavy atom. The highest BCUT2D eigenvalue weighted by Gasteiger charge is 2.26. The molecule has 0 bridgehead atoms. The quantitative estimate of drug-likeness (QED) is 0.658. The second kappa shape index (κ2) is 11.5. The van der Waals surface area contributed by atoms with Crippen molar-refractivity contribution in [2.75, 3.05) is 51.2 Å². The fraction of sp³-hybridized carbons (Fsp3) is 0.500. The van der Waals surface area contributed by atoms with Crippen molar-refractivity contribution < 1.29 is 14.3 Å². The third-order valence-electron chi connectivity index (χ3n) is 6.47. The van der Waals surface area contributed by atoms with E-state index >= 15 is 0 Å². The number of anilines is 1. The zero-order chi connectivity index (χ0) is 24.8. The molecular weight excluding hydrogens is 444 g/mol. The van der Waals surface area contributed by atoms with Gasteiger partial charge in [0.15, 0.2) is 0 Å². The van der Waals surface area contributed by atoms with Crippen molar-refractivity contribution in [2.24, 2.45) is 0 Å². The summed E-state index contributed by atoms with van der Waals surface area (Å²) < 4.78 is 5.72. The summed E-state index contributed by atoms with van der Waals surface area (Å²) in [6, 6.07) is 11.1. The van der Waals surface area contributed by atoms with Gasteiger partial charge in [-0.3, -0.25) is 4.79 Å². The number of hydrogen-bond acceptors (Lipinski definition) is 6. The Balaban J connectivity index is 1.26. The third-order valence-corrected chi connectivity index (χ3v) is 6.47. The molecule has 3 heterocycles. The van der Waals surface area contributed by atoms with Gasteiger partial charge in [0, 0.05) is 69.7 Å². The molecule has 4 rings (SSSR count). The molecule has 35 heavy (non-hydrogen) atoms. The zero-order valence-corrected chi connectivity index (χ0v) is 20.9. The maximum Gasteiger partial charge on any atom is 0.315 e. The van der Waals surface area contributed by atoms with Gasteiger partial charge in [-0.25, -0.2) is 9.78 Å². The minimum atomic E-state index is -0.241. The van der Waals surface area contributed by atoms with Gasteiger partial charge in [0.05, 0.1) is 12.2 Å². The number of ether oxygens (including phenoxy) is 1. The molecule has 2 N–H and O–H groups in total. The van der Waals surface area contributed by atoms with E-state index in [-0.39, 0.29) is 24.1 Å². The number of nitrogens with zero attached hydrogens (tertiary/aromatic N) is 4. The maximum absolute atomic E-state index is 12.8. The summed E-state index contributed by atoms with van der Waals surface area (Å²) in [5, 5.41) is 5.83. The van der Waals surface area contributed by atoms with E-state index in [1.165, 1.54) is 0 Å². The molecule has 2 unspecified atom stereocenters. The SMILES string of the molecule is CC1CN(C(=O)c2ccc(CNC(=O)NCc3cccnc3N3CCN(C)CC3)cc2)CC(C)O1. The lowest BCUT2D eigenvalue weighted by Crippen LogP contribution is -2.48. The molecule has 0 radical (unpaired) electrons. The van der Waals surface area contributed by atoms with E-state index in [0.29, 0.717) is 31.7 Å². The number of likely N-dealkylation sites (N-methyl/N-ethyl adjacent to an activating group) is 1. The van der Waals surface area contributed by atoms with Gasteiger partial charge in [-0.05, 0) is 44.7 Å². The number of rotatable bonds is 6. The van der Waals surface area contributed by atoms with Gasteiger partial charge < -0.3 is 30.1 Å². The Bertz CT molecular complexity index is 996. The summed E-state index contributed by atoms with van der Waals surface area (Å²) >= 11 is 0. The van der Waals surface area contributed by atoms with E-state index in [4.69, 9.17) is 4.74 Å². The highest BCUT2D eigenvalue weighted by atomic mass is 16.5. The van der Waals surface area contributed by atoms with Gasteiger partial charge in [-0.15, -0.1) is 0 Å². The molecule has 0 saturated carbocycles. The summed E-state index contributed by atoms with van der Waals surface area (Å²) in [7, 11) is 2.12. The van der Waals surface area contributed by atoms with Crippen molar-refractivity contribution in [1.29, 1.82) is 0 Å². The van der Waals surface area contributed by atoms with Gasteiger partial charge in [-0.1, -0.05) is 18.2 Å². The Kier molecular flexibility index (Phi) is 8.20. The Labute approximate surface area is 207 Å². The molecule has 0 aliphatic carbocycles. The van der Waals surface area contributed by atoms with E-state index in [9.17, 15) is 9.59 Å². The van der Waals surface area contributed by atoms with E-state index < -0.39 is 0 Å². The van der Waals surface area contributed by atoms with Crippen molar-refractivity contribution in [3.8, 4) is 0 Å². The van der Waals surface area contributed by atoms with Crippen LogP contribution in [-0.4, -0.2) is 85.2 Å². The normalized spacial score (nSPS) is 21.0. The van der Waals surface area contributed by atoms with Crippen LogP contribution in [0.15, 0.2) is 42.6 Å². The second-order valence-corrected chi connectivity index (χ2v) is 9.48. The number of carbonyl (C=O) groups excluding carboxylic acids is 2. The van der Waals surface area contributed by atoms with E-state index in [1.807, 2.05) is 55.1 Å². The van der Waals surface area contributed by atoms with Crippen molar-refractivity contribution >= 4 is 17.8 Å². The number of aromatic nitrogens is 1. The highest BCUT2D eigenvalue weighted by molar-refractivity contribution is 5.94. The van der Waals surface area contributed by atoms with Gasteiger partial charge >= 0.3 is 6.03 Å². The van der Waals surface area contributed by atoms with Crippen LogP contribution in [0, 0.1) is 0 Å². The molecule has 1 aromatic carbocycles. The zero-order valence-electron chi connectivity index (χ0n) is 20.9. The molecule has 1 aromatic heterocycles. The molecule has 2 atom stereocenters. The number of pyridine rings is 1. The lowest BCUT2D eigenvalue weighted by atomic mass is 10.1. The van der Waals surface area contributed by atoms with Gasteiger partial charge in [0.2, 0.25) is 0 Å². The standard InChI is InChI=1S/C26H36N6O3/c1-19-17-32(18-20(2)35-19)25(33)22-8-6-21(7-9-22)15-28-26(34)29-16-23-5-4-10-27-24(23)31-13-11-30(3)12-14-31/h4-10,19-20H,11-18H2,1-3H3,(H2,28,29,34). The third kappa shape index (κ3) is 6.70. The lowest BCUT2D eigenvalue weighted by Gasteiger charge is -2.35.